The van der Waals surface area contributed by atoms with E-state index in [1.807, 2.05) is 16.7 Å². The zero-order valence-corrected chi connectivity index (χ0v) is 12.3. The van der Waals surface area contributed by atoms with Gasteiger partial charge in [0.2, 0.25) is 0 Å². The number of imidazole rings is 1. The zero-order valence-electron chi connectivity index (χ0n) is 12.3. The van der Waals surface area contributed by atoms with E-state index in [9.17, 15) is 9.90 Å². The van der Waals surface area contributed by atoms with E-state index < -0.39 is 6.10 Å². The molecule has 4 rings (SSSR count). The van der Waals surface area contributed by atoms with Crippen molar-refractivity contribution in [2.75, 3.05) is 13.1 Å². The Balaban J connectivity index is 1.48. The lowest BCUT2D eigenvalue weighted by molar-refractivity contribution is 0.0462. The minimum absolute atomic E-state index is 0.135. The van der Waals surface area contributed by atoms with Crippen LogP contribution in [0.25, 0.3) is 5.65 Å². The second-order valence-electron chi connectivity index (χ2n) is 6.41. The van der Waals surface area contributed by atoms with Crippen molar-refractivity contribution in [3.8, 4) is 0 Å². The Labute approximate surface area is 128 Å². The van der Waals surface area contributed by atoms with Crippen molar-refractivity contribution < 1.29 is 9.90 Å². The fourth-order valence-corrected chi connectivity index (χ4v) is 3.76. The van der Waals surface area contributed by atoms with Crippen LogP contribution in [0.1, 0.15) is 23.2 Å². The molecule has 2 fully saturated rings. The van der Waals surface area contributed by atoms with Crippen molar-refractivity contribution in [1.29, 1.82) is 0 Å². The summed E-state index contributed by atoms with van der Waals surface area (Å²) in [5, 5.41) is 16.7. The summed E-state index contributed by atoms with van der Waals surface area (Å²) in [5.41, 5.74) is 1.40. The number of carbonyl (C=O) groups excluding carboxylic acids is 1. The van der Waals surface area contributed by atoms with E-state index in [0.717, 1.165) is 31.6 Å². The predicted octanol–water partition coefficient (Wildman–Crippen LogP) is 0.423. The summed E-state index contributed by atoms with van der Waals surface area (Å²) in [7, 11) is 0. The van der Waals surface area contributed by atoms with Gasteiger partial charge in [-0.2, -0.15) is 0 Å². The number of pyridine rings is 1. The topological polar surface area (TPSA) is 78.7 Å². The van der Waals surface area contributed by atoms with Gasteiger partial charge in [0.15, 0.2) is 0 Å². The lowest BCUT2D eigenvalue weighted by atomic mass is 9.77. The maximum absolute atomic E-state index is 12.4. The number of rotatable bonds is 2. The molecule has 3 heterocycles. The maximum Gasteiger partial charge on any atom is 0.253 e. The summed E-state index contributed by atoms with van der Waals surface area (Å²) in [5.74, 6) is 0.972. The molecule has 1 saturated heterocycles. The third-order valence-electron chi connectivity index (χ3n) is 5.01. The number of amides is 1. The molecule has 0 spiro atoms. The van der Waals surface area contributed by atoms with Gasteiger partial charge in [-0.3, -0.25) is 4.79 Å². The first-order chi connectivity index (χ1) is 10.7. The van der Waals surface area contributed by atoms with E-state index in [4.69, 9.17) is 0 Å². The van der Waals surface area contributed by atoms with Crippen LogP contribution in [0.15, 0.2) is 30.7 Å². The molecule has 1 amide bonds. The second-order valence-corrected chi connectivity index (χ2v) is 6.41. The fourth-order valence-electron chi connectivity index (χ4n) is 3.76. The fraction of sp³-hybridized carbons (Fsp3) is 0.500. The van der Waals surface area contributed by atoms with E-state index in [1.165, 1.54) is 0 Å². The first-order valence-electron chi connectivity index (χ1n) is 7.83. The van der Waals surface area contributed by atoms with Gasteiger partial charge in [0.25, 0.3) is 5.91 Å². The molecule has 2 aliphatic rings. The van der Waals surface area contributed by atoms with Crippen molar-refractivity contribution in [3.63, 3.8) is 0 Å². The summed E-state index contributed by atoms with van der Waals surface area (Å²) in [6.45, 7) is 1.98. The van der Waals surface area contributed by atoms with E-state index in [-0.39, 0.29) is 11.9 Å². The molecule has 0 bridgehead atoms. The molecule has 1 aliphatic carbocycles. The summed E-state index contributed by atoms with van der Waals surface area (Å²) in [4.78, 5) is 16.6. The molecule has 0 radical (unpaired) electrons. The molecule has 6 nitrogen and oxygen atoms in total. The highest BCUT2D eigenvalue weighted by Gasteiger charge is 2.39. The average Bonchev–Trinajstić information content (AvgIpc) is 3.14. The molecule has 116 valence electrons. The number of nitrogens with zero attached hydrogens (tertiary/aromatic N) is 2. The van der Waals surface area contributed by atoms with Crippen LogP contribution in [-0.2, 0) is 0 Å². The van der Waals surface area contributed by atoms with Crippen molar-refractivity contribution >= 4 is 11.6 Å². The van der Waals surface area contributed by atoms with Crippen LogP contribution in [0.3, 0.4) is 0 Å². The number of aromatic nitrogens is 2. The monoisotopic (exact) mass is 300 g/mol. The molecule has 6 heteroatoms. The van der Waals surface area contributed by atoms with Crippen LogP contribution in [0, 0.1) is 11.8 Å². The maximum atomic E-state index is 12.4. The van der Waals surface area contributed by atoms with Gasteiger partial charge in [0, 0.05) is 18.6 Å². The van der Waals surface area contributed by atoms with Gasteiger partial charge in [-0.1, -0.05) is 0 Å². The Kier molecular flexibility index (Phi) is 3.35. The van der Waals surface area contributed by atoms with Crippen LogP contribution < -0.4 is 10.6 Å². The van der Waals surface area contributed by atoms with Crippen LogP contribution in [0.4, 0.5) is 0 Å². The van der Waals surface area contributed by atoms with Gasteiger partial charge in [-0.15, -0.1) is 0 Å². The molecule has 2 aromatic heterocycles. The Hall–Kier alpha value is -1.92. The molecule has 22 heavy (non-hydrogen) atoms. The van der Waals surface area contributed by atoms with Gasteiger partial charge >= 0.3 is 0 Å². The number of aliphatic hydroxyl groups excluding tert-OH is 1. The van der Waals surface area contributed by atoms with Gasteiger partial charge in [-0.05, 0) is 49.9 Å². The second kappa shape index (κ2) is 5.37. The summed E-state index contributed by atoms with van der Waals surface area (Å²) < 4.78 is 1.82. The lowest BCUT2D eigenvalue weighted by Gasteiger charge is -2.35. The van der Waals surface area contributed by atoms with Crippen molar-refractivity contribution in [1.82, 2.24) is 20.0 Å². The Morgan fingerprint density at radius 2 is 2.14 bits per heavy atom. The molecule has 1 aliphatic heterocycles. The summed E-state index contributed by atoms with van der Waals surface area (Å²) in [6, 6.07) is 3.43. The minimum atomic E-state index is -0.456. The molecule has 0 unspecified atom stereocenters. The van der Waals surface area contributed by atoms with E-state index >= 15 is 0 Å². The zero-order chi connectivity index (χ0) is 15.1. The molecular weight excluding hydrogens is 280 g/mol. The normalized spacial score (nSPS) is 31.1. The van der Waals surface area contributed by atoms with Crippen molar-refractivity contribution in [2.24, 2.45) is 11.8 Å². The molecule has 3 N–H and O–H groups in total. The van der Waals surface area contributed by atoms with Gasteiger partial charge in [0.05, 0.1) is 17.7 Å². The molecule has 4 atom stereocenters. The third kappa shape index (κ3) is 2.38. The summed E-state index contributed by atoms with van der Waals surface area (Å²) in [6.07, 6.45) is 6.45. The van der Waals surface area contributed by atoms with Crippen LogP contribution in [-0.4, -0.2) is 45.6 Å². The highest BCUT2D eigenvalue weighted by atomic mass is 16.3. The highest BCUT2D eigenvalue weighted by Crippen LogP contribution is 2.33. The number of aliphatic hydroxyl groups is 1. The Morgan fingerprint density at radius 1 is 1.32 bits per heavy atom. The Morgan fingerprint density at radius 3 is 3.00 bits per heavy atom. The summed E-state index contributed by atoms with van der Waals surface area (Å²) >= 11 is 0. The first kappa shape index (κ1) is 13.7. The quantitative estimate of drug-likeness (QED) is 0.751. The van der Waals surface area contributed by atoms with Crippen molar-refractivity contribution in [3.05, 3.63) is 36.3 Å². The van der Waals surface area contributed by atoms with Crippen LogP contribution in [0.2, 0.25) is 0 Å². The first-order valence-corrected chi connectivity index (χ1v) is 7.83. The SMILES string of the molecule is O=C(N[C@H]1C[C@H]2CNC[C@H]2C[C@@H]1O)c1ccc2nccn2c1. The number of carbonyl (C=O) groups is 1. The highest BCUT2D eigenvalue weighted by molar-refractivity contribution is 5.94. The molecular formula is C16H20N4O2. The van der Waals surface area contributed by atoms with Gasteiger partial charge in [-0.25, -0.2) is 4.98 Å². The van der Waals surface area contributed by atoms with E-state index in [1.54, 1.807) is 18.5 Å². The van der Waals surface area contributed by atoms with E-state index in [2.05, 4.69) is 15.6 Å². The van der Waals surface area contributed by atoms with Crippen molar-refractivity contribution in [2.45, 2.75) is 25.0 Å². The van der Waals surface area contributed by atoms with Gasteiger partial charge in [0.1, 0.15) is 5.65 Å². The number of hydrogen-bond donors (Lipinski definition) is 3. The number of nitrogens with one attached hydrogen (secondary N) is 2. The molecule has 1 saturated carbocycles. The molecule has 0 aromatic carbocycles. The Bertz CT molecular complexity index is 698. The van der Waals surface area contributed by atoms with Gasteiger partial charge < -0.3 is 20.1 Å². The van der Waals surface area contributed by atoms with Crippen LogP contribution >= 0.6 is 0 Å². The molecule has 2 aromatic rings. The smallest absolute Gasteiger partial charge is 0.253 e. The predicted molar refractivity (Wildman–Crippen MR) is 81.5 cm³/mol. The number of fused-ring (bicyclic) bond motifs is 2. The standard InChI is InChI=1S/C16H20N4O2/c21-14-6-12-8-17-7-11(12)5-13(14)19-16(22)10-1-2-15-18-3-4-20(15)9-10/h1-4,9,11-14,17,21H,5-8H2,(H,19,22)/t11-,12+,13-,14-/m0/s1. The van der Waals surface area contributed by atoms with Crippen LogP contribution in [0.5, 0.6) is 0 Å². The largest absolute Gasteiger partial charge is 0.391 e. The van der Waals surface area contributed by atoms with E-state index in [0.29, 0.717) is 17.4 Å². The number of hydrogen-bond acceptors (Lipinski definition) is 4. The average molecular weight is 300 g/mol. The minimum Gasteiger partial charge on any atom is -0.391 e. The third-order valence-corrected chi connectivity index (χ3v) is 5.01. The lowest BCUT2D eigenvalue weighted by Crippen LogP contribution is -2.49.